The van der Waals surface area contributed by atoms with Crippen molar-refractivity contribution in [3.63, 3.8) is 0 Å². The minimum Gasteiger partial charge on any atom is -0.388 e. The smallest absolute Gasteiger partial charge is 0.388 e. The molecule has 0 radical (unpaired) electrons. The molecule has 0 atom stereocenters. The van der Waals surface area contributed by atoms with Crippen LogP contribution in [0.1, 0.15) is 12.5 Å². The van der Waals surface area contributed by atoms with Gasteiger partial charge in [0, 0.05) is 5.69 Å². The summed E-state index contributed by atoms with van der Waals surface area (Å²) in [6.07, 6.45) is 7.26. The SMILES string of the molecule is C=[C-]/C=C1\C(=[C-]C)C(=O)N1c1ccccc1.[CH2-]c1ccccc1.[K+]. The Kier molecular flexibility index (Phi) is 9.04. The standard InChI is InChI=1S/C14H11NO.C7H7.K/c1-3-8-13-12(4-2)14(16)15(13)11-9-6-5-7-10-11;1-7-5-3-2-4-6-7;/h5-10H,1H2,2H3;2-6H,1H2;/q-2;-1;+1/b13-8+;;. The number of carbonyl (C=O) groups excluding carboxylic acids is 1. The van der Waals surface area contributed by atoms with Crippen LogP contribution in [0.3, 0.4) is 0 Å². The third-order valence-electron chi connectivity index (χ3n) is 3.26. The minimum absolute atomic E-state index is 0. The molecule has 0 aromatic heterocycles. The number of hydrogen-bond donors (Lipinski definition) is 0. The number of hydrogen-bond acceptors (Lipinski definition) is 1. The van der Waals surface area contributed by atoms with Crippen LogP contribution in [0.15, 0.2) is 84.6 Å². The first-order chi connectivity index (χ1) is 11.2. The largest absolute Gasteiger partial charge is 1.00 e. The van der Waals surface area contributed by atoms with E-state index in [4.69, 9.17) is 0 Å². The molecule has 2 nitrogen and oxygen atoms in total. The van der Waals surface area contributed by atoms with Gasteiger partial charge in [-0.05, 0) is 12.1 Å². The van der Waals surface area contributed by atoms with Crippen LogP contribution < -0.4 is 56.3 Å². The quantitative estimate of drug-likeness (QED) is 0.352. The number of β-lactam (4-membered cyclic amide) rings is 1. The van der Waals surface area contributed by atoms with Crippen LogP contribution in [-0.2, 0) is 4.79 Å². The Hall–Kier alpha value is -1.36. The molecular formula is C21H18KNO-2. The Morgan fingerprint density at radius 2 is 1.58 bits per heavy atom. The second-order valence-corrected chi connectivity index (χ2v) is 4.82. The molecule has 2 aromatic carbocycles. The van der Waals surface area contributed by atoms with Crippen LogP contribution in [0, 0.1) is 19.1 Å². The summed E-state index contributed by atoms with van der Waals surface area (Å²) in [5.74, 6) is -0.0322. The molecule has 1 fully saturated rings. The van der Waals surface area contributed by atoms with E-state index in [0.29, 0.717) is 5.57 Å². The molecule has 3 heteroatoms. The molecule has 3 rings (SSSR count). The van der Waals surface area contributed by atoms with E-state index in [9.17, 15) is 4.79 Å². The summed E-state index contributed by atoms with van der Waals surface area (Å²) in [6.45, 7) is 8.97. The summed E-state index contributed by atoms with van der Waals surface area (Å²) in [6, 6.07) is 19.4. The summed E-state index contributed by atoms with van der Waals surface area (Å²) in [4.78, 5) is 13.4. The fourth-order valence-electron chi connectivity index (χ4n) is 2.17. The molecule has 2 aromatic rings. The number of amides is 1. The average molecular weight is 339 g/mol. The third-order valence-corrected chi connectivity index (χ3v) is 3.26. The van der Waals surface area contributed by atoms with Gasteiger partial charge in [0.05, 0.1) is 0 Å². The molecule has 24 heavy (non-hydrogen) atoms. The predicted molar refractivity (Wildman–Crippen MR) is 94.2 cm³/mol. The number of nitrogens with zero attached hydrogens (tertiary/aromatic N) is 1. The van der Waals surface area contributed by atoms with Gasteiger partial charge in [-0.1, -0.05) is 36.9 Å². The van der Waals surface area contributed by atoms with Crippen molar-refractivity contribution >= 4 is 11.6 Å². The third kappa shape index (κ3) is 5.06. The first-order valence-electron chi connectivity index (χ1n) is 7.23. The molecule has 1 heterocycles. The van der Waals surface area contributed by atoms with Crippen LogP contribution in [0.4, 0.5) is 5.69 Å². The van der Waals surface area contributed by atoms with Crippen molar-refractivity contribution in [3.8, 4) is 0 Å². The maximum Gasteiger partial charge on any atom is 1.00 e. The van der Waals surface area contributed by atoms with E-state index in [2.05, 4.69) is 25.7 Å². The number of rotatable bonds is 2. The zero-order chi connectivity index (χ0) is 16.7. The average Bonchev–Trinajstić information content (AvgIpc) is 2.57. The number of para-hydroxylation sites is 1. The molecule has 0 bridgehead atoms. The molecule has 0 spiro atoms. The molecule has 1 aliphatic rings. The van der Waals surface area contributed by atoms with Crippen LogP contribution in [-0.4, -0.2) is 5.91 Å². The van der Waals surface area contributed by atoms with E-state index in [1.165, 1.54) is 0 Å². The molecule has 1 amide bonds. The van der Waals surface area contributed by atoms with Crippen molar-refractivity contribution in [3.05, 3.63) is 109 Å². The maximum absolute atomic E-state index is 11.8. The van der Waals surface area contributed by atoms with E-state index in [1.807, 2.05) is 60.7 Å². The number of anilines is 1. The van der Waals surface area contributed by atoms with Crippen molar-refractivity contribution in [1.82, 2.24) is 0 Å². The Morgan fingerprint density at radius 1 is 1.04 bits per heavy atom. The van der Waals surface area contributed by atoms with Crippen LogP contribution >= 0.6 is 0 Å². The van der Waals surface area contributed by atoms with Crippen LogP contribution in [0.25, 0.3) is 0 Å². The van der Waals surface area contributed by atoms with Crippen molar-refractivity contribution in [2.45, 2.75) is 6.92 Å². The van der Waals surface area contributed by atoms with Crippen molar-refractivity contribution in [2.75, 3.05) is 4.90 Å². The summed E-state index contributed by atoms with van der Waals surface area (Å²) < 4.78 is 0. The second kappa shape index (κ2) is 10.5. The normalized spacial score (nSPS) is 15.9. The number of benzene rings is 2. The monoisotopic (exact) mass is 339 g/mol. The molecular weight excluding hydrogens is 321 g/mol. The van der Waals surface area contributed by atoms with E-state index in [0.717, 1.165) is 16.9 Å². The molecule has 1 aliphatic heterocycles. The van der Waals surface area contributed by atoms with Gasteiger partial charge in [0.25, 0.3) is 0 Å². The molecule has 0 saturated carbocycles. The van der Waals surface area contributed by atoms with Gasteiger partial charge < -0.3 is 9.69 Å². The second-order valence-electron chi connectivity index (χ2n) is 4.82. The van der Waals surface area contributed by atoms with Gasteiger partial charge in [-0.15, -0.1) is 17.7 Å². The molecule has 116 valence electrons. The number of allylic oxidation sites excluding steroid dienone is 3. The van der Waals surface area contributed by atoms with E-state index in [-0.39, 0.29) is 57.3 Å². The topological polar surface area (TPSA) is 20.3 Å². The first-order valence-corrected chi connectivity index (χ1v) is 7.23. The van der Waals surface area contributed by atoms with Gasteiger partial charge in [0.2, 0.25) is 0 Å². The molecule has 0 aliphatic carbocycles. The van der Waals surface area contributed by atoms with Crippen LogP contribution in [0.2, 0.25) is 0 Å². The van der Waals surface area contributed by atoms with Crippen molar-refractivity contribution < 1.29 is 56.2 Å². The van der Waals surface area contributed by atoms with Crippen molar-refractivity contribution in [1.29, 1.82) is 0 Å². The maximum atomic E-state index is 11.8. The van der Waals surface area contributed by atoms with Gasteiger partial charge in [-0.2, -0.15) is 43.4 Å². The molecule has 0 unspecified atom stereocenters. The Labute approximate surface area is 187 Å². The van der Waals surface area contributed by atoms with Crippen molar-refractivity contribution in [2.24, 2.45) is 0 Å². The predicted octanol–water partition coefficient (Wildman–Crippen LogP) is 1.53. The Balaban J connectivity index is 0.000000304. The molecule has 0 N–H and O–H groups in total. The summed E-state index contributed by atoms with van der Waals surface area (Å²) in [7, 11) is 0. The van der Waals surface area contributed by atoms with Gasteiger partial charge in [-0.3, -0.25) is 6.08 Å². The zero-order valence-electron chi connectivity index (χ0n) is 14.1. The summed E-state index contributed by atoms with van der Waals surface area (Å²) in [5.41, 5.74) is 3.32. The Morgan fingerprint density at radius 3 is 2.00 bits per heavy atom. The summed E-state index contributed by atoms with van der Waals surface area (Å²) in [5, 5.41) is 0. The van der Waals surface area contributed by atoms with Gasteiger partial charge in [0.1, 0.15) is 5.91 Å². The molecule has 1 saturated heterocycles. The first kappa shape index (κ1) is 20.7. The van der Waals surface area contributed by atoms with E-state index < -0.39 is 0 Å². The zero-order valence-corrected chi connectivity index (χ0v) is 17.2. The number of carbonyl (C=O) groups is 1. The van der Waals surface area contributed by atoms with Gasteiger partial charge >= 0.3 is 51.4 Å². The Bertz CT molecular complexity index is 733. The van der Waals surface area contributed by atoms with Gasteiger partial charge in [-0.25, -0.2) is 0 Å². The van der Waals surface area contributed by atoms with E-state index in [1.54, 1.807) is 17.9 Å². The van der Waals surface area contributed by atoms with Gasteiger partial charge in [0.15, 0.2) is 0 Å². The van der Waals surface area contributed by atoms with Crippen LogP contribution in [0.5, 0.6) is 0 Å². The van der Waals surface area contributed by atoms with E-state index >= 15 is 0 Å². The minimum atomic E-state index is -0.0322. The summed E-state index contributed by atoms with van der Waals surface area (Å²) >= 11 is 0. The fourth-order valence-corrected chi connectivity index (χ4v) is 2.17. The fraction of sp³-hybridized carbons (Fsp3) is 0.0476.